The molecule has 0 radical (unpaired) electrons. The van der Waals surface area contributed by atoms with E-state index in [9.17, 15) is 0 Å². The van der Waals surface area contributed by atoms with Crippen molar-refractivity contribution in [1.29, 1.82) is 0 Å². The molecule has 2 saturated carbocycles. The normalized spacial score (nSPS) is 38.2. The Bertz CT molecular complexity index is 458. The lowest BCUT2D eigenvalue weighted by Crippen LogP contribution is -2.41. The highest BCUT2D eigenvalue weighted by atomic mass is 16.5. The molecule has 0 aromatic carbocycles. The van der Waals surface area contributed by atoms with Crippen molar-refractivity contribution in [3.8, 4) is 0 Å². The highest BCUT2D eigenvalue weighted by molar-refractivity contribution is 5.07. The standard InChI is InChI=1S/C16H27N3O/c1-3-12-6-7-13(9-12)14-18-15(20-19-14)16(17)8-4-5-11(2)10-16/h11-13H,3-10,17H2,1-2H3. The van der Waals surface area contributed by atoms with Gasteiger partial charge in [-0.3, -0.25) is 0 Å². The zero-order valence-corrected chi connectivity index (χ0v) is 12.8. The predicted molar refractivity (Wildman–Crippen MR) is 78.2 cm³/mol. The summed E-state index contributed by atoms with van der Waals surface area (Å²) in [6, 6.07) is 0. The fourth-order valence-electron chi connectivity index (χ4n) is 4.07. The molecule has 2 fully saturated rings. The maximum Gasteiger partial charge on any atom is 0.246 e. The molecule has 3 rings (SSSR count). The number of aromatic nitrogens is 2. The van der Waals surface area contributed by atoms with Gasteiger partial charge in [0.15, 0.2) is 5.82 Å². The van der Waals surface area contributed by atoms with Gasteiger partial charge in [-0.05, 0) is 43.9 Å². The summed E-state index contributed by atoms with van der Waals surface area (Å²) in [6.45, 7) is 4.54. The van der Waals surface area contributed by atoms with E-state index in [0.29, 0.717) is 17.7 Å². The van der Waals surface area contributed by atoms with Crippen LogP contribution in [0.1, 0.15) is 82.8 Å². The molecular weight excluding hydrogens is 250 g/mol. The van der Waals surface area contributed by atoms with E-state index in [0.717, 1.165) is 31.0 Å². The first kappa shape index (κ1) is 14.1. The average molecular weight is 277 g/mol. The molecule has 4 atom stereocenters. The van der Waals surface area contributed by atoms with Crippen LogP contribution in [0, 0.1) is 11.8 Å². The van der Waals surface area contributed by atoms with Crippen LogP contribution in [0.4, 0.5) is 0 Å². The molecule has 1 aromatic heterocycles. The Morgan fingerprint density at radius 1 is 1.35 bits per heavy atom. The summed E-state index contributed by atoms with van der Waals surface area (Å²) in [5.41, 5.74) is 6.16. The maximum atomic E-state index is 6.54. The second-order valence-corrected chi connectivity index (χ2v) is 7.10. The molecule has 20 heavy (non-hydrogen) atoms. The third-order valence-corrected chi connectivity index (χ3v) is 5.38. The third-order valence-electron chi connectivity index (χ3n) is 5.38. The summed E-state index contributed by atoms with van der Waals surface area (Å²) in [4.78, 5) is 4.69. The highest BCUT2D eigenvalue weighted by Gasteiger charge is 2.39. The third kappa shape index (κ3) is 2.62. The highest BCUT2D eigenvalue weighted by Crippen LogP contribution is 2.41. The lowest BCUT2D eigenvalue weighted by molar-refractivity contribution is 0.183. The Kier molecular flexibility index (Phi) is 3.85. The van der Waals surface area contributed by atoms with Crippen molar-refractivity contribution in [3.05, 3.63) is 11.7 Å². The van der Waals surface area contributed by atoms with Crippen LogP contribution < -0.4 is 5.73 Å². The van der Waals surface area contributed by atoms with Crippen LogP contribution in [0.15, 0.2) is 4.52 Å². The lowest BCUT2D eigenvalue weighted by atomic mass is 9.77. The van der Waals surface area contributed by atoms with Crippen LogP contribution >= 0.6 is 0 Å². The largest absolute Gasteiger partial charge is 0.337 e. The Morgan fingerprint density at radius 3 is 2.90 bits per heavy atom. The van der Waals surface area contributed by atoms with Crippen LogP contribution in [0.3, 0.4) is 0 Å². The number of hydrogen-bond donors (Lipinski definition) is 1. The van der Waals surface area contributed by atoms with Gasteiger partial charge in [0.05, 0.1) is 5.54 Å². The predicted octanol–water partition coefficient (Wildman–Crippen LogP) is 3.73. The van der Waals surface area contributed by atoms with E-state index in [1.165, 1.54) is 32.1 Å². The van der Waals surface area contributed by atoms with Crippen LogP contribution in [0.5, 0.6) is 0 Å². The van der Waals surface area contributed by atoms with Crippen LogP contribution in [-0.4, -0.2) is 10.1 Å². The van der Waals surface area contributed by atoms with E-state index in [1.807, 2.05) is 0 Å². The van der Waals surface area contributed by atoms with Crippen LogP contribution in [-0.2, 0) is 5.54 Å². The van der Waals surface area contributed by atoms with Gasteiger partial charge in [0.25, 0.3) is 0 Å². The van der Waals surface area contributed by atoms with Crippen molar-refractivity contribution in [1.82, 2.24) is 10.1 Å². The Labute approximate surface area is 121 Å². The molecule has 0 saturated heterocycles. The molecule has 2 N–H and O–H groups in total. The fraction of sp³-hybridized carbons (Fsp3) is 0.875. The minimum Gasteiger partial charge on any atom is -0.337 e. The zero-order chi connectivity index (χ0) is 14.2. The fourth-order valence-corrected chi connectivity index (χ4v) is 4.07. The van der Waals surface area contributed by atoms with Crippen molar-refractivity contribution in [2.24, 2.45) is 17.6 Å². The maximum absolute atomic E-state index is 6.54. The summed E-state index contributed by atoms with van der Waals surface area (Å²) in [5.74, 6) is 3.56. The average Bonchev–Trinajstić information content (AvgIpc) is 3.07. The minimum absolute atomic E-state index is 0.383. The zero-order valence-electron chi connectivity index (χ0n) is 12.8. The van der Waals surface area contributed by atoms with Crippen LogP contribution in [0.2, 0.25) is 0 Å². The molecule has 2 aliphatic carbocycles. The van der Waals surface area contributed by atoms with Crippen LogP contribution in [0.25, 0.3) is 0 Å². The van der Waals surface area contributed by atoms with Gasteiger partial charge < -0.3 is 10.3 Å². The van der Waals surface area contributed by atoms with Crippen molar-refractivity contribution < 1.29 is 4.52 Å². The van der Waals surface area contributed by atoms with Gasteiger partial charge in [-0.25, -0.2) is 0 Å². The van der Waals surface area contributed by atoms with Crippen molar-refractivity contribution in [3.63, 3.8) is 0 Å². The van der Waals surface area contributed by atoms with E-state index in [1.54, 1.807) is 0 Å². The van der Waals surface area contributed by atoms with Gasteiger partial charge in [0, 0.05) is 5.92 Å². The molecule has 4 nitrogen and oxygen atoms in total. The lowest BCUT2D eigenvalue weighted by Gasteiger charge is -2.33. The molecule has 4 heteroatoms. The van der Waals surface area contributed by atoms with E-state index in [-0.39, 0.29) is 5.54 Å². The summed E-state index contributed by atoms with van der Waals surface area (Å²) in [6.07, 6.45) is 9.35. The summed E-state index contributed by atoms with van der Waals surface area (Å²) >= 11 is 0. The SMILES string of the molecule is CCC1CCC(c2noc(C3(N)CCCC(C)C3)n2)C1. The molecule has 0 spiro atoms. The Morgan fingerprint density at radius 2 is 2.20 bits per heavy atom. The van der Waals surface area contributed by atoms with Crippen molar-refractivity contribution >= 4 is 0 Å². The van der Waals surface area contributed by atoms with E-state index in [4.69, 9.17) is 10.3 Å². The van der Waals surface area contributed by atoms with E-state index in [2.05, 4.69) is 24.0 Å². The summed E-state index contributed by atoms with van der Waals surface area (Å²) in [7, 11) is 0. The molecule has 1 heterocycles. The van der Waals surface area contributed by atoms with Gasteiger partial charge in [-0.2, -0.15) is 4.98 Å². The topological polar surface area (TPSA) is 64.9 Å². The molecular formula is C16H27N3O. The first-order chi connectivity index (χ1) is 9.60. The van der Waals surface area contributed by atoms with Crippen molar-refractivity contribution in [2.75, 3.05) is 0 Å². The molecule has 4 unspecified atom stereocenters. The molecule has 1 aromatic rings. The molecule has 0 amide bonds. The van der Waals surface area contributed by atoms with Gasteiger partial charge >= 0.3 is 0 Å². The number of nitrogens with zero attached hydrogens (tertiary/aromatic N) is 2. The molecule has 0 aliphatic heterocycles. The molecule has 2 aliphatic rings. The minimum atomic E-state index is -0.383. The Balaban J connectivity index is 1.73. The number of nitrogens with two attached hydrogens (primary N) is 1. The summed E-state index contributed by atoms with van der Waals surface area (Å²) in [5, 5.41) is 4.25. The molecule has 112 valence electrons. The summed E-state index contributed by atoms with van der Waals surface area (Å²) < 4.78 is 5.55. The monoisotopic (exact) mass is 277 g/mol. The quantitative estimate of drug-likeness (QED) is 0.914. The Hall–Kier alpha value is -0.900. The van der Waals surface area contributed by atoms with E-state index < -0.39 is 0 Å². The first-order valence-electron chi connectivity index (χ1n) is 8.23. The second kappa shape index (κ2) is 5.47. The van der Waals surface area contributed by atoms with Crippen molar-refractivity contribution in [2.45, 2.75) is 76.7 Å². The number of hydrogen-bond acceptors (Lipinski definition) is 4. The molecule has 0 bridgehead atoms. The van der Waals surface area contributed by atoms with Gasteiger partial charge in [-0.1, -0.05) is 38.3 Å². The smallest absolute Gasteiger partial charge is 0.246 e. The van der Waals surface area contributed by atoms with Gasteiger partial charge in [0.1, 0.15) is 0 Å². The first-order valence-corrected chi connectivity index (χ1v) is 8.23. The number of rotatable bonds is 3. The van der Waals surface area contributed by atoms with E-state index >= 15 is 0 Å². The second-order valence-electron chi connectivity index (χ2n) is 7.10. The van der Waals surface area contributed by atoms with Gasteiger partial charge in [-0.15, -0.1) is 0 Å². The van der Waals surface area contributed by atoms with Gasteiger partial charge in [0.2, 0.25) is 5.89 Å².